The number of esters is 3. The number of carboxylic acids is 1. The quantitative estimate of drug-likeness (QED) is 0.0692. The summed E-state index contributed by atoms with van der Waals surface area (Å²) < 4.78 is 16.2. The standard InChI is InChI=1S/C37H44O10/c1-37(25-38,26-39)36(44)45-23-13-8-6-4-2-3-5-7-12-16-33(40)46-30-20-17-28(18-21-30)35(43)47-32-24-29(34(41)42)19-22-31(32)27-14-10-9-11-15-27/h9-11,14-15,17-22,24,38-39H,2-8,12-13,16,23,25-26H2,1H3,(H,41,42). The van der Waals surface area contributed by atoms with Crippen LogP contribution in [0.25, 0.3) is 11.1 Å². The molecule has 10 heteroatoms. The number of carbonyl (C=O) groups is 4. The number of benzene rings is 3. The molecule has 0 aliphatic heterocycles. The molecular weight excluding hydrogens is 604 g/mol. The van der Waals surface area contributed by atoms with E-state index < -0.39 is 36.5 Å². The Balaban J connectivity index is 1.31. The van der Waals surface area contributed by atoms with E-state index in [1.165, 1.54) is 43.3 Å². The van der Waals surface area contributed by atoms with Crippen molar-refractivity contribution in [1.29, 1.82) is 0 Å². The molecule has 3 rings (SSSR count). The number of hydrogen-bond acceptors (Lipinski definition) is 9. The second-order valence-electron chi connectivity index (χ2n) is 11.7. The molecule has 0 bridgehead atoms. The average Bonchev–Trinajstić information content (AvgIpc) is 3.08. The lowest BCUT2D eigenvalue weighted by Crippen LogP contribution is -2.37. The molecule has 3 N–H and O–H groups in total. The number of rotatable bonds is 20. The fourth-order valence-corrected chi connectivity index (χ4v) is 4.72. The van der Waals surface area contributed by atoms with Gasteiger partial charge in [0.05, 0.1) is 30.9 Å². The molecule has 3 aromatic rings. The zero-order valence-corrected chi connectivity index (χ0v) is 26.8. The molecule has 47 heavy (non-hydrogen) atoms. The van der Waals surface area contributed by atoms with Crippen molar-refractivity contribution in [2.75, 3.05) is 19.8 Å². The number of aromatic carboxylic acids is 1. The number of unbranched alkanes of at least 4 members (excludes halogenated alkanes) is 8. The Bertz CT molecular complexity index is 1450. The third-order valence-electron chi connectivity index (χ3n) is 7.79. The Kier molecular flexibility index (Phi) is 15.1. The molecule has 0 spiro atoms. The van der Waals surface area contributed by atoms with Crippen LogP contribution in [0.3, 0.4) is 0 Å². The summed E-state index contributed by atoms with van der Waals surface area (Å²) >= 11 is 0. The lowest BCUT2D eigenvalue weighted by atomic mass is 9.93. The molecular formula is C37H44O10. The van der Waals surface area contributed by atoms with Crippen molar-refractivity contribution in [2.45, 2.75) is 71.1 Å². The van der Waals surface area contributed by atoms with Gasteiger partial charge in [0, 0.05) is 12.0 Å². The van der Waals surface area contributed by atoms with Crippen molar-refractivity contribution in [3.63, 3.8) is 0 Å². The first-order valence-electron chi connectivity index (χ1n) is 16.0. The summed E-state index contributed by atoms with van der Waals surface area (Å²) in [5.74, 6) is -2.30. The van der Waals surface area contributed by atoms with Gasteiger partial charge in [-0.25, -0.2) is 9.59 Å². The number of aliphatic hydroxyl groups excluding tert-OH is 2. The van der Waals surface area contributed by atoms with Crippen molar-refractivity contribution in [1.82, 2.24) is 0 Å². The predicted molar refractivity (Wildman–Crippen MR) is 175 cm³/mol. The second-order valence-corrected chi connectivity index (χ2v) is 11.7. The molecule has 0 amide bonds. The van der Waals surface area contributed by atoms with Crippen molar-refractivity contribution in [2.24, 2.45) is 5.41 Å². The highest BCUT2D eigenvalue weighted by molar-refractivity contribution is 5.94. The van der Waals surface area contributed by atoms with E-state index in [1.54, 1.807) is 6.07 Å². The zero-order valence-electron chi connectivity index (χ0n) is 26.8. The summed E-state index contributed by atoms with van der Waals surface area (Å²) in [5, 5.41) is 27.8. The minimum atomic E-state index is -1.25. The summed E-state index contributed by atoms with van der Waals surface area (Å²) in [6, 6.07) is 19.6. The van der Waals surface area contributed by atoms with Crippen LogP contribution in [0.15, 0.2) is 72.8 Å². The topological polar surface area (TPSA) is 157 Å². The van der Waals surface area contributed by atoms with E-state index in [0.717, 1.165) is 56.9 Å². The number of hydrogen-bond donors (Lipinski definition) is 3. The van der Waals surface area contributed by atoms with Gasteiger partial charge in [-0.3, -0.25) is 9.59 Å². The van der Waals surface area contributed by atoms with Gasteiger partial charge in [0.2, 0.25) is 0 Å². The third kappa shape index (κ3) is 12.0. The van der Waals surface area contributed by atoms with Crippen LogP contribution in [0.4, 0.5) is 0 Å². The SMILES string of the molecule is CC(CO)(CO)C(=O)OCCCCCCCCCCCC(=O)Oc1ccc(C(=O)Oc2cc(C(=O)O)ccc2-c2ccccc2)cc1. The number of ether oxygens (including phenoxy) is 3. The van der Waals surface area contributed by atoms with E-state index in [-0.39, 0.29) is 35.9 Å². The molecule has 0 fully saturated rings. The molecule has 252 valence electrons. The van der Waals surface area contributed by atoms with Crippen molar-refractivity contribution in [3.8, 4) is 22.6 Å². The van der Waals surface area contributed by atoms with E-state index in [4.69, 9.17) is 14.2 Å². The van der Waals surface area contributed by atoms with E-state index in [9.17, 15) is 34.5 Å². The van der Waals surface area contributed by atoms with Gasteiger partial charge in [0.25, 0.3) is 0 Å². The van der Waals surface area contributed by atoms with Crippen LogP contribution < -0.4 is 9.47 Å². The van der Waals surface area contributed by atoms with Crippen LogP contribution in [-0.2, 0) is 14.3 Å². The van der Waals surface area contributed by atoms with E-state index >= 15 is 0 Å². The van der Waals surface area contributed by atoms with E-state index in [2.05, 4.69) is 0 Å². The van der Waals surface area contributed by atoms with Gasteiger partial charge >= 0.3 is 23.9 Å². The molecule has 0 radical (unpaired) electrons. The molecule has 0 atom stereocenters. The molecule has 0 aliphatic rings. The van der Waals surface area contributed by atoms with Crippen LogP contribution in [0.2, 0.25) is 0 Å². The van der Waals surface area contributed by atoms with E-state index in [1.807, 2.05) is 30.3 Å². The minimum Gasteiger partial charge on any atom is -0.478 e. The molecule has 10 nitrogen and oxygen atoms in total. The van der Waals surface area contributed by atoms with Crippen LogP contribution in [0.5, 0.6) is 11.5 Å². The zero-order chi connectivity index (χ0) is 34.1. The van der Waals surface area contributed by atoms with Crippen molar-refractivity contribution >= 4 is 23.9 Å². The van der Waals surface area contributed by atoms with Crippen LogP contribution in [-0.4, -0.2) is 59.0 Å². The number of carbonyl (C=O) groups excluding carboxylic acids is 3. The highest BCUT2D eigenvalue weighted by Crippen LogP contribution is 2.32. The first kappa shape index (κ1) is 36.9. The van der Waals surface area contributed by atoms with Gasteiger partial charge in [-0.1, -0.05) is 75.3 Å². The lowest BCUT2D eigenvalue weighted by molar-refractivity contribution is -0.160. The first-order chi connectivity index (χ1) is 22.7. The van der Waals surface area contributed by atoms with Gasteiger partial charge in [0.1, 0.15) is 16.9 Å². The third-order valence-corrected chi connectivity index (χ3v) is 7.79. The Morgan fingerprint density at radius 3 is 1.85 bits per heavy atom. The van der Waals surface area contributed by atoms with Gasteiger partial charge in [0.15, 0.2) is 0 Å². The van der Waals surface area contributed by atoms with Gasteiger partial charge in [-0.05, 0) is 67.8 Å². The Hall–Kier alpha value is -4.54. The monoisotopic (exact) mass is 648 g/mol. The summed E-state index contributed by atoms with van der Waals surface area (Å²) in [5.41, 5.74) is 0.309. The predicted octanol–water partition coefficient (Wildman–Crippen LogP) is 6.61. The molecule has 0 aromatic heterocycles. The van der Waals surface area contributed by atoms with E-state index in [0.29, 0.717) is 17.7 Å². The fourth-order valence-electron chi connectivity index (χ4n) is 4.72. The normalized spacial score (nSPS) is 11.1. The van der Waals surface area contributed by atoms with Crippen molar-refractivity contribution < 1.29 is 48.7 Å². The number of aliphatic hydroxyl groups is 2. The average molecular weight is 649 g/mol. The summed E-state index contributed by atoms with van der Waals surface area (Å²) in [4.78, 5) is 48.6. The minimum absolute atomic E-state index is 0.00671. The van der Waals surface area contributed by atoms with Crippen LogP contribution in [0.1, 0.15) is 91.8 Å². The second kappa shape index (κ2) is 19.2. The molecule has 0 saturated heterocycles. The molecule has 0 saturated carbocycles. The Morgan fingerprint density at radius 2 is 1.26 bits per heavy atom. The van der Waals surface area contributed by atoms with Crippen LogP contribution in [0, 0.1) is 5.41 Å². The van der Waals surface area contributed by atoms with Gasteiger partial charge in [-0.15, -0.1) is 0 Å². The summed E-state index contributed by atoms with van der Waals surface area (Å²) in [6.45, 7) is 0.841. The lowest BCUT2D eigenvalue weighted by Gasteiger charge is -2.22. The fraction of sp³-hybridized carbons (Fsp3) is 0.405. The highest BCUT2D eigenvalue weighted by atomic mass is 16.5. The van der Waals surface area contributed by atoms with Crippen molar-refractivity contribution in [3.05, 3.63) is 83.9 Å². The first-order valence-corrected chi connectivity index (χ1v) is 16.0. The van der Waals surface area contributed by atoms with Gasteiger partial charge in [-0.2, -0.15) is 0 Å². The summed E-state index contributed by atoms with van der Waals surface area (Å²) in [6.07, 6.45) is 8.88. The molecule has 0 heterocycles. The maximum Gasteiger partial charge on any atom is 0.343 e. The smallest absolute Gasteiger partial charge is 0.343 e. The Labute approximate surface area is 275 Å². The molecule has 0 unspecified atom stereocenters. The number of carboxylic acid groups (broad SMARTS) is 1. The maximum atomic E-state index is 12.9. The highest BCUT2D eigenvalue weighted by Gasteiger charge is 2.33. The van der Waals surface area contributed by atoms with Gasteiger partial charge < -0.3 is 29.5 Å². The summed E-state index contributed by atoms with van der Waals surface area (Å²) in [7, 11) is 0. The Morgan fingerprint density at radius 1 is 0.681 bits per heavy atom. The van der Waals surface area contributed by atoms with Crippen LogP contribution >= 0.6 is 0 Å². The molecule has 0 aliphatic carbocycles. The maximum absolute atomic E-state index is 12.9. The molecule has 3 aromatic carbocycles. The largest absolute Gasteiger partial charge is 0.478 e.